The van der Waals surface area contributed by atoms with Crippen LogP contribution in [-0.2, 0) is 5.41 Å². The second kappa shape index (κ2) is 3.93. The van der Waals surface area contributed by atoms with Gasteiger partial charge in [0.1, 0.15) is 0 Å². The lowest BCUT2D eigenvalue weighted by Gasteiger charge is -2.26. The van der Waals surface area contributed by atoms with Gasteiger partial charge in [-0.25, -0.2) is 0 Å². The van der Waals surface area contributed by atoms with Crippen molar-refractivity contribution < 1.29 is 0 Å². The molecule has 1 N–H and O–H groups in total. The average Bonchev–Trinajstić information content (AvgIpc) is 2.60. The quantitative estimate of drug-likeness (QED) is 0.732. The van der Waals surface area contributed by atoms with Gasteiger partial charge in [-0.15, -0.1) is 13.2 Å². The maximum absolute atomic E-state index is 3.86. The van der Waals surface area contributed by atoms with Crippen molar-refractivity contribution in [3.05, 3.63) is 55.1 Å². The molecule has 1 aliphatic rings. The van der Waals surface area contributed by atoms with Crippen LogP contribution in [0.3, 0.4) is 0 Å². The number of anilines is 1. The number of nitrogens with one attached hydrogen (secondary N) is 1. The molecule has 0 fully saturated rings. The molecule has 1 aromatic rings. The van der Waals surface area contributed by atoms with Crippen LogP contribution in [0.15, 0.2) is 49.6 Å². The summed E-state index contributed by atoms with van der Waals surface area (Å²) in [5, 5.41) is 3.47. The molecule has 1 aromatic carbocycles. The molecule has 1 aliphatic heterocycles. The molecule has 0 aliphatic carbocycles. The highest BCUT2D eigenvalue weighted by Crippen LogP contribution is 2.42. The average molecular weight is 199 g/mol. The van der Waals surface area contributed by atoms with Crippen molar-refractivity contribution in [3.8, 4) is 0 Å². The summed E-state index contributed by atoms with van der Waals surface area (Å²) in [5.74, 6) is 0. The molecule has 0 unspecified atom stereocenters. The van der Waals surface area contributed by atoms with Crippen molar-refractivity contribution in [2.45, 2.75) is 18.3 Å². The van der Waals surface area contributed by atoms with Crippen LogP contribution in [0.25, 0.3) is 0 Å². The summed E-state index contributed by atoms with van der Waals surface area (Å²) in [6.07, 6.45) is 6.02. The predicted molar refractivity (Wildman–Crippen MR) is 66.2 cm³/mol. The van der Waals surface area contributed by atoms with Gasteiger partial charge < -0.3 is 5.32 Å². The van der Waals surface area contributed by atoms with E-state index in [0.717, 1.165) is 19.4 Å². The summed E-state index contributed by atoms with van der Waals surface area (Å²) in [4.78, 5) is 0. The number of rotatable bonds is 4. The first kappa shape index (κ1) is 10.0. The minimum Gasteiger partial charge on any atom is -0.384 e. The van der Waals surface area contributed by atoms with Gasteiger partial charge in [-0.2, -0.15) is 0 Å². The first-order chi connectivity index (χ1) is 7.32. The molecule has 0 amide bonds. The topological polar surface area (TPSA) is 12.0 Å². The predicted octanol–water partition coefficient (Wildman–Crippen LogP) is 3.50. The van der Waals surface area contributed by atoms with Gasteiger partial charge in [0.15, 0.2) is 0 Å². The summed E-state index contributed by atoms with van der Waals surface area (Å²) in [6, 6.07) is 8.53. The highest BCUT2D eigenvalue weighted by atomic mass is 14.9. The number of fused-ring (bicyclic) bond motifs is 1. The standard InChI is InChI=1S/C14H17N/c1-3-9-14(10-4-2)11-15-13-8-6-5-7-12(13)14/h3-8,15H,1-2,9-11H2. The molecule has 0 saturated heterocycles. The molecule has 1 nitrogen and oxygen atoms in total. The zero-order valence-corrected chi connectivity index (χ0v) is 9.00. The third-order valence-electron chi connectivity index (χ3n) is 3.19. The fraction of sp³-hybridized carbons (Fsp3) is 0.286. The van der Waals surface area contributed by atoms with E-state index in [2.05, 4.69) is 42.7 Å². The van der Waals surface area contributed by atoms with Crippen LogP contribution >= 0.6 is 0 Å². The Morgan fingerprint density at radius 1 is 1.20 bits per heavy atom. The zero-order valence-electron chi connectivity index (χ0n) is 9.00. The highest BCUT2D eigenvalue weighted by molar-refractivity contribution is 5.60. The van der Waals surface area contributed by atoms with Crippen LogP contribution in [0.1, 0.15) is 18.4 Å². The Bertz CT molecular complexity index is 369. The molecule has 0 saturated carbocycles. The number of para-hydroxylation sites is 1. The molecule has 1 heteroatoms. The molecule has 0 radical (unpaired) electrons. The minimum absolute atomic E-state index is 0.181. The van der Waals surface area contributed by atoms with Crippen molar-refractivity contribution >= 4 is 5.69 Å². The first-order valence-corrected chi connectivity index (χ1v) is 5.37. The van der Waals surface area contributed by atoms with Crippen molar-refractivity contribution in [3.63, 3.8) is 0 Å². The Labute approximate surface area is 91.5 Å². The molecule has 0 atom stereocenters. The van der Waals surface area contributed by atoms with E-state index in [9.17, 15) is 0 Å². The highest BCUT2D eigenvalue weighted by Gasteiger charge is 2.36. The molecular formula is C14H17N. The molecule has 0 aromatic heterocycles. The number of allylic oxidation sites excluding steroid dienone is 2. The van der Waals surface area contributed by atoms with Gasteiger partial charge in [-0.1, -0.05) is 30.4 Å². The molecule has 1 heterocycles. The van der Waals surface area contributed by atoms with E-state index < -0.39 is 0 Å². The van der Waals surface area contributed by atoms with Crippen LogP contribution in [0.5, 0.6) is 0 Å². The maximum atomic E-state index is 3.86. The molecule has 2 rings (SSSR count). The SMILES string of the molecule is C=CCC1(CC=C)CNc2ccccc21. The minimum atomic E-state index is 0.181. The second-order valence-electron chi connectivity index (χ2n) is 4.17. The van der Waals surface area contributed by atoms with Crippen molar-refractivity contribution in [1.82, 2.24) is 0 Å². The smallest absolute Gasteiger partial charge is 0.0379 e. The van der Waals surface area contributed by atoms with Gasteiger partial charge in [0.2, 0.25) is 0 Å². The fourth-order valence-electron chi connectivity index (χ4n) is 2.46. The van der Waals surface area contributed by atoms with Gasteiger partial charge in [0, 0.05) is 17.6 Å². The van der Waals surface area contributed by atoms with Crippen LogP contribution < -0.4 is 5.32 Å². The third-order valence-corrected chi connectivity index (χ3v) is 3.19. The van der Waals surface area contributed by atoms with Gasteiger partial charge in [0.25, 0.3) is 0 Å². The van der Waals surface area contributed by atoms with Crippen LogP contribution in [-0.4, -0.2) is 6.54 Å². The normalized spacial score (nSPS) is 16.5. The maximum Gasteiger partial charge on any atom is 0.0379 e. The number of benzene rings is 1. The van der Waals surface area contributed by atoms with Crippen molar-refractivity contribution in [2.24, 2.45) is 0 Å². The molecule has 0 spiro atoms. The second-order valence-corrected chi connectivity index (χ2v) is 4.17. The summed E-state index contributed by atoms with van der Waals surface area (Å²) in [5.41, 5.74) is 2.85. The van der Waals surface area contributed by atoms with E-state index in [1.165, 1.54) is 11.3 Å². The van der Waals surface area contributed by atoms with E-state index >= 15 is 0 Å². The third kappa shape index (κ3) is 1.58. The lowest BCUT2D eigenvalue weighted by molar-refractivity contribution is 0.484. The molecule has 0 bridgehead atoms. The van der Waals surface area contributed by atoms with E-state index in [1.54, 1.807) is 0 Å². The summed E-state index contributed by atoms with van der Waals surface area (Å²) in [6.45, 7) is 8.72. The van der Waals surface area contributed by atoms with E-state index in [1.807, 2.05) is 12.2 Å². The van der Waals surface area contributed by atoms with Gasteiger partial charge in [-0.3, -0.25) is 0 Å². The Morgan fingerprint density at radius 2 is 1.87 bits per heavy atom. The van der Waals surface area contributed by atoms with Crippen molar-refractivity contribution in [2.75, 3.05) is 11.9 Å². The summed E-state index contributed by atoms with van der Waals surface area (Å²) < 4.78 is 0. The van der Waals surface area contributed by atoms with Gasteiger partial charge >= 0.3 is 0 Å². The van der Waals surface area contributed by atoms with E-state index in [4.69, 9.17) is 0 Å². The molecular weight excluding hydrogens is 182 g/mol. The summed E-state index contributed by atoms with van der Waals surface area (Å²) >= 11 is 0. The fourth-order valence-corrected chi connectivity index (χ4v) is 2.46. The van der Waals surface area contributed by atoms with Gasteiger partial charge in [-0.05, 0) is 24.5 Å². The Hall–Kier alpha value is -1.50. The Balaban J connectivity index is 2.43. The molecule has 15 heavy (non-hydrogen) atoms. The largest absolute Gasteiger partial charge is 0.384 e. The number of hydrogen-bond donors (Lipinski definition) is 1. The van der Waals surface area contributed by atoms with Crippen LogP contribution in [0.4, 0.5) is 5.69 Å². The van der Waals surface area contributed by atoms with Crippen molar-refractivity contribution in [1.29, 1.82) is 0 Å². The monoisotopic (exact) mass is 199 g/mol. The number of hydrogen-bond acceptors (Lipinski definition) is 1. The van der Waals surface area contributed by atoms with E-state index in [0.29, 0.717) is 0 Å². The molecule has 78 valence electrons. The first-order valence-electron chi connectivity index (χ1n) is 5.37. The zero-order chi connectivity index (χ0) is 10.7. The van der Waals surface area contributed by atoms with Gasteiger partial charge in [0.05, 0.1) is 0 Å². The van der Waals surface area contributed by atoms with Crippen LogP contribution in [0.2, 0.25) is 0 Å². The lowest BCUT2D eigenvalue weighted by Crippen LogP contribution is -2.27. The van der Waals surface area contributed by atoms with Crippen LogP contribution in [0, 0.1) is 0 Å². The lowest BCUT2D eigenvalue weighted by atomic mass is 9.76. The van der Waals surface area contributed by atoms with E-state index in [-0.39, 0.29) is 5.41 Å². The Morgan fingerprint density at radius 3 is 2.53 bits per heavy atom. The summed E-state index contributed by atoms with van der Waals surface area (Å²) in [7, 11) is 0. The Kier molecular flexibility index (Phi) is 2.63.